The topological polar surface area (TPSA) is 29.3 Å². The van der Waals surface area contributed by atoms with Crippen LogP contribution in [0.4, 0.5) is 4.39 Å². The first kappa shape index (κ1) is 12.1. The van der Waals surface area contributed by atoms with Gasteiger partial charge in [-0.2, -0.15) is 0 Å². The lowest BCUT2D eigenvalue weighted by molar-refractivity contribution is 0.263. The maximum atomic E-state index is 12.9. The van der Waals surface area contributed by atoms with E-state index in [0.29, 0.717) is 0 Å². The van der Waals surface area contributed by atoms with Crippen molar-refractivity contribution in [1.82, 2.24) is 4.90 Å². The minimum atomic E-state index is -0.220. The van der Waals surface area contributed by atoms with E-state index in [0.717, 1.165) is 18.7 Å². The summed E-state index contributed by atoms with van der Waals surface area (Å²) in [6.45, 7) is 5.46. The van der Waals surface area contributed by atoms with Crippen LogP contribution in [-0.4, -0.2) is 24.0 Å². The molecule has 1 aromatic carbocycles. The van der Waals surface area contributed by atoms with Crippen LogP contribution in [0.1, 0.15) is 19.4 Å². The maximum absolute atomic E-state index is 12.9. The molecule has 0 saturated heterocycles. The third kappa shape index (κ3) is 4.91. The smallest absolute Gasteiger partial charge is 0.123 e. The van der Waals surface area contributed by atoms with Gasteiger partial charge in [0, 0.05) is 18.6 Å². The lowest BCUT2D eigenvalue weighted by atomic mass is 10.1. The summed E-state index contributed by atoms with van der Waals surface area (Å²) in [6.07, 6.45) is 0. The van der Waals surface area contributed by atoms with Crippen LogP contribution in [0, 0.1) is 5.82 Å². The fourth-order valence-corrected chi connectivity index (χ4v) is 1.70. The monoisotopic (exact) mass is 210 g/mol. The van der Waals surface area contributed by atoms with Gasteiger partial charge >= 0.3 is 0 Å². The van der Waals surface area contributed by atoms with Crippen LogP contribution < -0.4 is 5.73 Å². The zero-order chi connectivity index (χ0) is 11.5. The van der Waals surface area contributed by atoms with E-state index in [1.54, 1.807) is 12.1 Å². The van der Waals surface area contributed by atoms with Gasteiger partial charge in [0.05, 0.1) is 0 Å². The van der Waals surface area contributed by atoms with E-state index in [2.05, 4.69) is 4.90 Å². The lowest BCUT2D eigenvalue weighted by Crippen LogP contribution is -2.43. The zero-order valence-corrected chi connectivity index (χ0v) is 9.63. The fourth-order valence-electron chi connectivity index (χ4n) is 1.70. The van der Waals surface area contributed by atoms with E-state index in [1.807, 2.05) is 27.0 Å². The third-order valence-electron chi connectivity index (χ3n) is 2.02. The Balaban J connectivity index is 2.55. The number of benzene rings is 1. The zero-order valence-electron chi connectivity index (χ0n) is 9.63. The van der Waals surface area contributed by atoms with Crippen molar-refractivity contribution in [2.24, 2.45) is 5.73 Å². The molecule has 0 heterocycles. The highest BCUT2D eigenvalue weighted by molar-refractivity contribution is 5.16. The molecule has 0 amide bonds. The summed E-state index contributed by atoms with van der Waals surface area (Å²) in [5.74, 6) is -0.187. The highest BCUT2D eigenvalue weighted by Gasteiger charge is 2.13. The largest absolute Gasteiger partial charge is 0.324 e. The van der Waals surface area contributed by atoms with Crippen molar-refractivity contribution in [3.63, 3.8) is 0 Å². The molecular weight excluding hydrogens is 191 g/mol. The lowest BCUT2D eigenvalue weighted by Gasteiger charge is -2.26. The van der Waals surface area contributed by atoms with Crippen LogP contribution in [0.2, 0.25) is 0 Å². The van der Waals surface area contributed by atoms with Crippen molar-refractivity contribution >= 4 is 0 Å². The fraction of sp³-hybridized carbons (Fsp3) is 0.500. The van der Waals surface area contributed by atoms with Crippen LogP contribution in [0.15, 0.2) is 24.3 Å². The van der Waals surface area contributed by atoms with Gasteiger partial charge in [0.25, 0.3) is 0 Å². The van der Waals surface area contributed by atoms with Crippen LogP contribution >= 0.6 is 0 Å². The molecule has 0 aliphatic carbocycles. The summed E-state index contributed by atoms with van der Waals surface area (Å²) in [5, 5.41) is 0. The van der Waals surface area contributed by atoms with Gasteiger partial charge in [-0.05, 0) is 38.6 Å². The molecule has 0 aliphatic rings. The molecule has 15 heavy (non-hydrogen) atoms. The van der Waals surface area contributed by atoms with Crippen LogP contribution in [0.25, 0.3) is 0 Å². The van der Waals surface area contributed by atoms with Gasteiger partial charge in [0.15, 0.2) is 0 Å². The van der Waals surface area contributed by atoms with Gasteiger partial charge in [0.2, 0.25) is 0 Å². The number of likely N-dealkylation sites (N-methyl/N-ethyl adjacent to an activating group) is 1. The third-order valence-corrected chi connectivity index (χ3v) is 2.02. The standard InChI is InChI=1S/C12H19FN2/c1-12(2,14)9-15(3)8-10-5-4-6-11(13)7-10/h4-7H,8-9,14H2,1-3H3. The molecule has 0 aromatic heterocycles. The second-order valence-corrected chi connectivity index (χ2v) is 4.79. The van der Waals surface area contributed by atoms with E-state index in [-0.39, 0.29) is 11.4 Å². The molecule has 2 N–H and O–H groups in total. The van der Waals surface area contributed by atoms with Crippen LogP contribution in [0.5, 0.6) is 0 Å². The van der Waals surface area contributed by atoms with E-state index in [9.17, 15) is 4.39 Å². The Morgan fingerprint density at radius 1 is 1.40 bits per heavy atom. The Morgan fingerprint density at radius 3 is 2.60 bits per heavy atom. The Hall–Kier alpha value is -0.930. The Bertz CT molecular complexity index is 318. The predicted molar refractivity (Wildman–Crippen MR) is 61.0 cm³/mol. The molecule has 0 spiro atoms. The first-order valence-corrected chi connectivity index (χ1v) is 5.09. The Morgan fingerprint density at radius 2 is 2.07 bits per heavy atom. The first-order valence-electron chi connectivity index (χ1n) is 5.09. The van der Waals surface area contributed by atoms with Gasteiger partial charge in [0.1, 0.15) is 5.82 Å². The highest BCUT2D eigenvalue weighted by atomic mass is 19.1. The quantitative estimate of drug-likeness (QED) is 0.823. The molecule has 2 nitrogen and oxygen atoms in total. The van der Waals surface area contributed by atoms with E-state index in [4.69, 9.17) is 5.73 Å². The molecule has 0 radical (unpaired) electrons. The minimum Gasteiger partial charge on any atom is -0.324 e. The maximum Gasteiger partial charge on any atom is 0.123 e. The second-order valence-electron chi connectivity index (χ2n) is 4.79. The predicted octanol–water partition coefficient (Wildman–Crippen LogP) is 1.99. The normalized spacial score (nSPS) is 12.1. The number of rotatable bonds is 4. The molecule has 0 saturated carbocycles. The number of halogens is 1. The SMILES string of the molecule is CN(Cc1cccc(F)c1)CC(C)(C)N. The molecule has 0 bridgehead atoms. The summed E-state index contributed by atoms with van der Waals surface area (Å²) >= 11 is 0. The van der Waals surface area contributed by atoms with Gasteiger partial charge in [-0.3, -0.25) is 0 Å². The molecule has 1 rings (SSSR count). The van der Waals surface area contributed by atoms with Crippen molar-refractivity contribution in [1.29, 1.82) is 0 Å². The van der Waals surface area contributed by atoms with Crippen LogP contribution in [0.3, 0.4) is 0 Å². The van der Waals surface area contributed by atoms with E-state index >= 15 is 0 Å². The summed E-state index contributed by atoms with van der Waals surface area (Å²) in [5.41, 5.74) is 6.66. The van der Waals surface area contributed by atoms with Crippen molar-refractivity contribution in [2.75, 3.05) is 13.6 Å². The van der Waals surface area contributed by atoms with Crippen LogP contribution in [-0.2, 0) is 6.54 Å². The van der Waals surface area contributed by atoms with Crippen molar-refractivity contribution in [3.8, 4) is 0 Å². The van der Waals surface area contributed by atoms with Crippen molar-refractivity contribution in [2.45, 2.75) is 25.9 Å². The molecule has 3 heteroatoms. The number of nitrogens with two attached hydrogens (primary N) is 1. The average molecular weight is 210 g/mol. The summed E-state index contributed by atoms with van der Waals surface area (Å²) in [4.78, 5) is 2.09. The summed E-state index contributed by atoms with van der Waals surface area (Å²) < 4.78 is 12.9. The number of hydrogen-bond donors (Lipinski definition) is 1. The minimum absolute atomic E-state index is 0.187. The van der Waals surface area contributed by atoms with Gasteiger partial charge < -0.3 is 10.6 Å². The second kappa shape index (κ2) is 4.73. The summed E-state index contributed by atoms with van der Waals surface area (Å²) in [6, 6.07) is 6.66. The van der Waals surface area contributed by atoms with Gasteiger partial charge in [-0.25, -0.2) is 4.39 Å². The molecular formula is C12H19FN2. The molecule has 84 valence electrons. The number of hydrogen-bond acceptors (Lipinski definition) is 2. The molecule has 0 atom stereocenters. The summed E-state index contributed by atoms with van der Waals surface area (Å²) in [7, 11) is 1.99. The Kier molecular flexibility index (Phi) is 3.83. The average Bonchev–Trinajstić information content (AvgIpc) is 1.99. The molecule has 0 aliphatic heterocycles. The van der Waals surface area contributed by atoms with Gasteiger partial charge in [-0.15, -0.1) is 0 Å². The van der Waals surface area contributed by atoms with Gasteiger partial charge in [-0.1, -0.05) is 12.1 Å². The van der Waals surface area contributed by atoms with Crippen molar-refractivity contribution < 1.29 is 4.39 Å². The molecule has 0 fully saturated rings. The first-order chi connectivity index (χ1) is 6.87. The Labute approximate surface area is 90.9 Å². The van der Waals surface area contributed by atoms with Crippen molar-refractivity contribution in [3.05, 3.63) is 35.6 Å². The van der Waals surface area contributed by atoms with E-state index in [1.165, 1.54) is 6.07 Å². The molecule has 0 unspecified atom stereocenters. The highest BCUT2D eigenvalue weighted by Crippen LogP contribution is 2.08. The van der Waals surface area contributed by atoms with E-state index < -0.39 is 0 Å². The molecule has 1 aromatic rings. The number of nitrogens with zero attached hydrogens (tertiary/aromatic N) is 1.